The third kappa shape index (κ3) is 2.36. The predicted octanol–water partition coefficient (Wildman–Crippen LogP) is 4.07. The Kier molecular flexibility index (Phi) is 3.81. The van der Waals surface area contributed by atoms with Crippen LogP contribution >= 0.6 is 0 Å². The van der Waals surface area contributed by atoms with Crippen LogP contribution in [-0.4, -0.2) is 0 Å². The molecule has 3 heteroatoms. The number of benzene rings is 1. The van der Waals surface area contributed by atoms with Gasteiger partial charge in [-0.05, 0) is 43.2 Å². The lowest BCUT2D eigenvalue weighted by atomic mass is 9.94. The topological polar surface area (TPSA) is 51.2 Å². The summed E-state index contributed by atoms with van der Waals surface area (Å²) in [7, 11) is 0. The highest BCUT2D eigenvalue weighted by atomic mass is 16.3. The van der Waals surface area contributed by atoms with Gasteiger partial charge in [0.25, 0.3) is 0 Å². The van der Waals surface area contributed by atoms with Crippen LogP contribution in [-0.2, 0) is 0 Å². The largest absolute Gasteiger partial charge is 0.459 e. The first-order valence-corrected chi connectivity index (χ1v) is 7.68. The zero-order valence-electron chi connectivity index (χ0n) is 12.4. The number of aryl methyl sites for hydroxylation is 1. The number of fused-ring (bicyclic) bond motifs is 1. The van der Waals surface area contributed by atoms with Crippen molar-refractivity contribution in [2.45, 2.75) is 45.6 Å². The first kappa shape index (κ1) is 13.7. The molecule has 2 aromatic rings. The van der Waals surface area contributed by atoms with Gasteiger partial charge in [-0.3, -0.25) is 5.84 Å². The van der Waals surface area contributed by atoms with Gasteiger partial charge >= 0.3 is 0 Å². The summed E-state index contributed by atoms with van der Waals surface area (Å²) in [6.07, 6.45) is 5.08. The van der Waals surface area contributed by atoms with Crippen molar-refractivity contribution in [1.29, 1.82) is 0 Å². The second kappa shape index (κ2) is 5.58. The van der Waals surface area contributed by atoms with Crippen molar-refractivity contribution >= 4 is 11.0 Å². The smallest absolute Gasteiger partial charge is 0.137 e. The fraction of sp³-hybridized carbons (Fsp3) is 0.529. The van der Waals surface area contributed by atoms with Gasteiger partial charge in [0.2, 0.25) is 0 Å². The highest BCUT2D eigenvalue weighted by Gasteiger charge is 2.32. The van der Waals surface area contributed by atoms with Crippen LogP contribution in [0.3, 0.4) is 0 Å². The van der Waals surface area contributed by atoms with Gasteiger partial charge in [0.15, 0.2) is 0 Å². The first-order valence-electron chi connectivity index (χ1n) is 7.68. The van der Waals surface area contributed by atoms with Crippen LogP contribution in [0.4, 0.5) is 0 Å². The monoisotopic (exact) mass is 272 g/mol. The van der Waals surface area contributed by atoms with Crippen LogP contribution in [0.2, 0.25) is 0 Å². The molecular weight excluding hydrogens is 248 g/mol. The zero-order chi connectivity index (χ0) is 14.1. The molecule has 0 radical (unpaired) electrons. The Morgan fingerprint density at radius 1 is 1.40 bits per heavy atom. The third-order valence-electron chi connectivity index (χ3n) is 4.88. The van der Waals surface area contributed by atoms with E-state index in [4.69, 9.17) is 10.3 Å². The van der Waals surface area contributed by atoms with Crippen LogP contribution in [0.15, 0.2) is 28.7 Å². The molecule has 0 aliphatic heterocycles. The second-order valence-corrected chi connectivity index (χ2v) is 6.13. The summed E-state index contributed by atoms with van der Waals surface area (Å²) in [6.45, 7) is 4.37. The maximum absolute atomic E-state index is 6.09. The van der Waals surface area contributed by atoms with Crippen molar-refractivity contribution in [1.82, 2.24) is 5.43 Å². The molecule has 3 atom stereocenters. The van der Waals surface area contributed by atoms with Gasteiger partial charge in [-0.2, -0.15) is 0 Å². The Balaban J connectivity index is 1.89. The van der Waals surface area contributed by atoms with Crippen LogP contribution in [0.5, 0.6) is 0 Å². The van der Waals surface area contributed by atoms with E-state index in [1.165, 1.54) is 36.6 Å². The quantitative estimate of drug-likeness (QED) is 0.651. The Hall–Kier alpha value is -1.32. The van der Waals surface area contributed by atoms with E-state index in [0.29, 0.717) is 5.92 Å². The van der Waals surface area contributed by atoms with E-state index in [1.54, 1.807) is 0 Å². The molecule has 0 spiro atoms. The molecule has 1 aliphatic carbocycles. The van der Waals surface area contributed by atoms with Crippen molar-refractivity contribution in [3.8, 4) is 0 Å². The number of nitrogens with two attached hydrogens (primary N) is 1. The summed E-state index contributed by atoms with van der Waals surface area (Å²) in [4.78, 5) is 0. The Morgan fingerprint density at radius 2 is 2.25 bits per heavy atom. The van der Waals surface area contributed by atoms with Gasteiger partial charge in [-0.15, -0.1) is 0 Å². The number of rotatable bonds is 4. The summed E-state index contributed by atoms with van der Waals surface area (Å²) in [5, 5.41) is 1.17. The summed E-state index contributed by atoms with van der Waals surface area (Å²) in [5.74, 6) is 8.24. The molecule has 1 saturated carbocycles. The lowest BCUT2D eigenvalue weighted by Crippen LogP contribution is -2.32. The number of hydrogen-bond acceptors (Lipinski definition) is 3. The van der Waals surface area contributed by atoms with Crippen LogP contribution < -0.4 is 11.3 Å². The van der Waals surface area contributed by atoms with Crippen LogP contribution in [0, 0.1) is 18.8 Å². The fourth-order valence-electron chi connectivity index (χ4n) is 3.62. The SMILES string of the molecule is CCC1CCC(C(NN)c2cc3cccc(C)c3o2)C1. The van der Waals surface area contributed by atoms with E-state index in [2.05, 4.69) is 43.5 Å². The van der Waals surface area contributed by atoms with E-state index in [9.17, 15) is 0 Å². The minimum Gasteiger partial charge on any atom is -0.459 e. The molecule has 3 nitrogen and oxygen atoms in total. The molecule has 1 heterocycles. The number of nitrogens with one attached hydrogen (secondary N) is 1. The lowest BCUT2D eigenvalue weighted by molar-refractivity contribution is 0.314. The normalized spacial score (nSPS) is 24.4. The molecule has 3 rings (SSSR count). The maximum Gasteiger partial charge on any atom is 0.137 e. The minimum absolute atomic E-state index is 0.137. The highest BCUT2D eigenvalue weighted by Crippen LogP contribution is 2.41. The van der Waals surface area contributed by atoms with Gasteiger partial charge in [0.1, 0.15) is 11.3 Å². The number of hydrogen-bond donors (Lipinski definition) is 2. The maximum atomic E-state index is 6.09. The molecule has 3 N–H and O–H groups in total. The summed E-state index contributed by atoms with van der Waals surface area (Å²) in [5.41, 5.74) is 5.17. The van der Waals surface area contributed by atoms with Gasteiger partial charge in [0, 0.05) is 5.39 Å². The van der Waals surface area contributed by atoms with Gasteiger partial charge < -0.3 is 4.42 Å². The van der Waals surface area contributed by atoms with E-state index in [1.807, 2.05) is 0 Å². The van der Waals surface area contributed by atoms with Gasteiger partial charge in [-0.1, -0.05) is 38.0 Å². The van der Waals surface area contributed by atoms with Crippen molar-refractivity contribution < 1.29 is 4.42 Å². The molecule has 1 aliphatic rings. The molecule has 3 unspecified atom stereocenters. The Bertz CT molecular complexity index is 590. The molecular formula is C17H24N2O. The molecule has 0 saturated heterocycles. The van der Waals surface area contributed by atoms with Gasteiger partial charge in [0.05, 0.1) is 6.04 Å². The number of para-hydroxylation sites is 1. The summed E-state index contributed by atoms with van der Waals surface area (Å²) >= 11 is 0. The van der Waals surface area contributed by atoms with E-state index < -0.39 is 0 Å². The second-order valence-electron chi connectivity index (χ2n) is 6.13. The summed E-state index contributed by atoms with van der Waals surface area (Å²) < 4.78 is 6.09. The van der Waals surface area contributed by atoms with Crippen LogP contribution in [0.1, 0.15) is 50.0 Å². The number of hydrazine groups is 1. The van der Waals surface area contributed by atoms with Crippen molar-refractivity contribution in [2.75, 3.05) is 0 Å². The van der Waals surface area contributed by atoms with E-state index in [-0.39, 0.29) is 6.04 Å². The molecule has 0 amide bonds. The van der Waals surface area contributed by atoms with Crippen LogP contribution in [0.25, 0.3) is 11.0 Å². The van der Waals surface area contributed by atoms with E-state index in [0.717, 1.165) is 17.3 Å². The molecule has 1 aromatic heterocycles. The van der Waals surface area contributed by atoms with Crippen molar-refractivity contribution in [3.05, 3.63) is 35.6 Å². The number of furan rings is 1. The lowest BCUT2D eigenvalue weighted by Gasteiger charge is -2.20. The Morgan fingerprint density at radius 3 is 2.90 bits per heavy atom. The molecule has 20 heavy (non-hydrogen) atoms. The molecule has 108 valence electrons. The standard InChI is InChI=1S/C17H24N2O/c1-3-12-7-8-13(9-12)16(19-18)15-10-14-6-4-5-11(2)17(14)20-15/h4-6,10,12-13,16,19H,3,7-9,18H2,1-2H3. The molecule has 1 aromatic carbocycles. The minimum atomic E-state index is 0.137. The van der Waals surface area contributed by atoms with Gasteiger partial charge in [-0.25, -0.2) is 5.43 Å². The summed E-state index contributed by atoms with van der Waals surface area (Å²) in [6, 6.07) is 8.55. The fourth-order valence-corrected chi connectivity index (χ4v) is 3.62. The zero-order valence-corrected chi connectivity index (χ0v) is 12.4. The average Bonchev–Trinajstić information content (AvgIpc) is 3.07. The van der Waals surface area contributed by atoms with Crippen molar-refractivity contribution in [3.63, 3.8) is 0 Å². The third-order valence-corrected chi connectivity index (χ3v) is 4.88. The predicted molar refractivity (Wildman–Crippen MR) is 82.1 cm³/mol. The average molecular weight is 272 g/mol. The molecule has 1 fully saturated rings. The van der Waals surface area contributed by atoms with E-state index >= 15 is 0 Å². The first-order chi connectivity index (χ1) is 9.72. The Labute approximate surface area is 120 Å². The van der Waals surface area contributed by atoms with Crippen molar-refractivity contribution in [2.24, 2.45) is 17.7 Å². The highest BCUT2D eigenvalue weighted by molar-refractivity contribution is 5.81. The molecule has 0 bridgehead atoms.